The van der Waals surface area contributed by atoms with Gasteiger partial charge in [-0.1, -0.05) is 80.6 Å². The van der Waals surface area contributed by atoms with Gasteiger partial charge in [-0.25, -0.2) is 8.78 Å². The van der Waals surface area contributed by atoms with E-state index in [-0.39, 0.29) is 11.8 Å². The maximum Gasteiger partial charge on any atom is 0.253 e. The molecule has 0 amide bonds. The molecule has 0 fully saturated rings. The zero-order valence-electron chi connectivity index (χ0n) is 18.5. The maximum absolute atomic E-state index is 14.8. The number of rotatable bonds is 15. The molecule has 0 bridgehead atoms. The van der Waals surface area contributed by atoms with Crippen LogP contribution in [0.15, 0.2) is 0 Å². The summed E-state index contributed by atoms with van der Waals surface area (Å²) in [4.78, 5) is 0. The molecule has 5 atom stereocenters. The van der Waals surface area contributed by atoms with Crippen LogP contribution in [0.3, 0.4) is 0 Å². The molecular formula is C23H45F3. The van der Waals surface area contributed by atoms with Crippen molar-refractivity contribution in [3.8, 4) is 0 Å². The molecule has 0 aromatic carbocycles. The number of hydrogen-bond donors (Lipinski definition) is 0. The molecule has 0 aromatic heterocycles. The second-order valence-corrected chi connectivity index (χ2v) is 8.98. The van der Waals surface area contributed by atoms with E-state index in [0.29, 0.717) is 24.2 Å². The van der Waals surface area contributed by atoms with E-state index < -0.39 is 24.9 Å². The molecule has 0 spiro atoms. The fourth-order valence-corrected chi connectivity index (χ4v) is 4.81. The lowest BCUT2D eigenvalue weighted by Gasteiger charge is -2.37. The third-order valence-corrected chi connectivity index (χ3v) is 6.58. The fraction of sp³-hybridized carbons (Fsp3) is 1.00. The summed E-state index contributed by atoms with van der Waals surface area (Å²) in [5.41, 5.74) is 0. The van der Waals surface area contributed by atoms with Crippen LogP contribution < -0.4 is 0 Å². The summed E-state index contributed by atoms with van der Waals surface area (Å²) in [6.07, 6.45) is 5.73. The standard InChI is InChI=1S/C23H45F3/c1-8-11-19(7)21(10-3)22(23(25,26)14-15-24)13-12-18(6)16-20(9-2)17(4)5/h17-22H,8-16H2,1-7H3. The minimum absolute atomic E-state index is 0.0178. The number of alkyl halides is 3. The van der Waals surface area contributed by atoms with Crippen molar-refractivity contribution in [2.75, 3.05) is 6.67 Å². The first-order chi connectivity index (χ1) is 12.1. The van der Waals surface area contributed by atoms with Gasteiger partial charge in [-0.3, -0.25) is 4.39 Å². The Kier molecular flexibility index (Phi) is 12.9. The van der Waals surface area contributed by atoms with Crippen LogP contribution in [0.5, 0.6) is 0 Å². The average molecular weight is 379 g/mol. The Hall–Kier alpha value is -0.210. The van der Waals surface area contributed by atoms with Crippen molar-refractivity contribution >= 4 is 0 Å². The highest BCUT2D eigenvalue weighted by atomic mass is 19.3. The van der Waals surface area contributed by atoms with Crippen molar-refractivity contribution in [1.29, 1.82) is 0 Å². The van der Waals surface area contributed by atoms with Gasteiger partial charge < -0.3 is 0 Å². The molecule has 0 radical (unpaired) electrons. The molecule has 0 saturated carbocycles. The predicted molar refractivity (Wildman–Crippen MR) is 109 cm³/mol. The Morgan fingerprint density at radius 1 is 0.846 bits per heavy atom. The van der Waals surface area contributed by atoms with E-state index in [2.05, 4.69) is 41.5 Å². The molecule has 0 heterocycles. The summed E-state index contributed by atoms with van der Waals surface area (Å²) in [6.45, 7) is 14.2. The molecule has 5 unspecified atom stereocenters. The lowest BCUT2D eigenvalue weighted by Crippen LogP contribution is -2.37. The summed E-state index contributed by atoms with van der Waals surface area (Å²) in [7, 11) is 0. The van der Waals surface area contributed by atoms with E-state index in [4.69, 9.17) is 0 Å². The van der Waals surface area contributed by atoms with Gasteiger partial charge in [-0.05, 0) is 42.4 Å². The lowest BCUT2D eigenvalue weighted by atomic mass is 9.72. The summed E-state index contributed by atoms with van der Waals surface area (Å²) in [6, 6.07) is 0. The number of hydrogen-bond acceptors (Lipinski definition) is 0. The zero-order chi connectivity index (χ0) is 20.3. The molecule has 0 saturated heterocycles. The zero-order valence-corrected chi connectivity index (χ0v) is 18.5. The van der Waals surface area contributed by atoms with Gasteiger partial charge in [0.1, 0.15) is 0 Å². The molecule has 0 nitrogen and oxygen atoms in total. The van der Waals surface area contributed by atoms with E-state index in [1.807, 2.05) is 6.92 Å². The maximum atomic E-state index is 14.8. The summed E-state index contributed by atoms with van der Waals surface area (Å²) >= 11 is 0. The van der Waals surface area contributed by atoms with Gasteiger partial charge in [0.05, 0.1) is 6.67 Å². The van der Waals surface area contributed by atoms with E-state index in [1.165, 1.54) is 0 Å². The molecule has 0 N–H and O–H groups in total. The van der Waals surface area contributed by atoms with Gasteiger partial charge >= 0.3 is 0 Å². The van der Waals surface area contributed by atoms with Crippen LogP contribution in [0.2, 0.25) is 0 Å². The Balaban J connectivity index is 5.12. The molecule has 0 aliphatic heterocycles. The second-order valence-electron chi connectivity index (χ2n) is 8.98. The Labute approximate surface area is 161 Å². The molecular weight excluding hydrogens is 333 g/mol. The SMILES string of the molecule is CCCC(C)C(CC)C(CCC(C)CC(CC)C(C)C)C(F)(F)CCF. The highest BCUT2D eigenvalue weighted by molar-refractivity contribution is 4.85. The lowest BCUT2D eigenvalue weighted by molar-refractivity contribution is -0.104. The van der Waals surface area contributed by atoms with Gasteiger partial charge in [0.15, 0.2) is 0 Å². The molecule has 0 rings (SSSR count). The first-order valence-electron chi connectivity index (χ1n) is 11.1. The molecule has 158 valence electrons. The predicted octanol–water partition coefficient (Wildman–Crippen LogP) is 8.55. The largest absolute Gasteiger partial charge is 0.253 e. The minimum Gasteiger partial charge on any atom is -0.251 e. The topological polar surface area (TPSA) is 0 Å². The van der Waals surface area contributed by atoms with Crippen molar-refractivity contribution in [2.45, 2.75) is 106 Å². The fourth-order valence-electron chi connectivity index (χ4n) is 4.81. The second kappa shape index (κ2) is 13.0. The first-order valence-corrected chi connectivity index (χ1v) is 11.1. The Morgan fingerprint density at radius 3 is 1.88 bits per heavy atom. The van der Waals surface area contributed by atoms with Gasteiger partial charge in [-0.15, -0.1) is 0 Å². The van der Waals surface area contributed by atoms with E-state index in [1.54, 1.807) is 0 Å². The van der Waals surface area contributed by atoms with Crippen LogP contribution in [-0.4, -0.2) is 12.6 Å². The molecule has 0 aliphatic rings. The highest BCUT2D eigenvalue weighted by Crippen LogP contribution is 2.43. The van der Waals surface area contributed by atoms with Crippen LogP contribution in [0.25, 0.3) is 0 Å². The van der Waals surface area contributed by atoms with Crippen LogP contribution >= 0.6 is 0 Å². The third kappa shape index (κ3) is 8.65. The third-order valence-electron chi connectivity index (χ3n) is 6.58. The number of halogens is 3. The van der Waals surface area contributed by atoms with Crippen molar-refractivity contribution < 1.29 is 13.2 Å². The van der Waals surface area contributed by atoms with E-state index >= 15 is 0 Å². The monoisotopic (exact) mass is 378 g/mol. The van der Waals surface area contributed by atoms with Crippen molar-refractivity contribution in [1.82, 2.24) is 0 Å². The Bertz CT molecular complexity index is 340. The molecule has 0 aromatic rings. The van der Waals surface area contributed by atoms with Crippen molar-refractivity contribution in [3.05, 3.63) is 0 Å². The van der Waals surface area contributed by atoms with Crippen molar-refractivity contribution in [3.63, 3.8) is 0 Å². The Morgan fingerprint density at radius 2 is 1.46 bits per heavy atom. The van der Waals surface area contributed by atoms with Gasteiger partial charge in [0.25, 0.3) is 5.92 Å². The van der Waals surface area contributed by atoms with E-state index in [9.17, 15) is 13.2 Å². The summed E-state index contributed by atoms with van der Waals surface area (Å²) in [5.74, 6) is -1.57. The normalized spacial score (nSPS) is 18.6. The van der Waals surface area contributed by atoms with Crippen LogP contribution in [0.4, 0.5) is 13.2 Å². The summed E-state index contributed by atoms with van der Waals surface area (Å²) < 4.78 is 42.4. The molecule has 3 heteroatoms. The van der Waals surface area contributed by atoms with Gasteiger partial charge in [0, 0.05) is 12.3 Å². The van der Waals surface area contributed by atoms with Gasteiger partial charge in [-0.2, -0.15) is 0 Å². The summed E-state index contributed by atoms with van der Waals surface area (Å²) in [5, 5.41) is 0. The van der Waals surface area contributed by atoms with E-state index in [0.717, 1.165) is 38.5 Å². The first kappa shape index (κ1) is 25.8. The highest BCUT2D eigenvalue weighted by Gasteiger charge is 2.44. The van der Waals surface area contributed by atoms with Crippen molar-refractivity contribution in [2.24, 2.45) is 35.5 Å². The average Bonchev–Trinajstić information content (AvgIpc) is 2.55. The smallest absolute Gasteiger partial charge is 0.251 e. The molecule has 0 aliphatic carbocycles. The molecule has 26 heavy (non-hydrogen) atoms. The quantitative estimate of drug-likeness (QED) is 0.268. The van der Waals surface area contributed by atoms with Crippen LogP contribution in [-0.2, 0) is 0 Å². The van der Waals surface area contributed by atoms with Crippen LogP contribution in [0.1, 0.15) is 99.8 Å². The van der Waals surface area contributed by atoms with Gasteiger partial charge in [0.2, 0.25) is 0 Å². The van der Waals surface area contributed by atoms with Crippen LogP contribution in [0, 0.1) is 35.5 Å². The minimum atomic E-state index is -2.89.